The second kappa shape index (κ2) is 2.73. The van der Waals surface area contributed by atoms with Crippen LogP contribution in [-0.4, -0.2) is 47.0 Å². The number of aliphatic hydroxyl groups is 2. The van der Waals surface area contributed by atoms with Gasteiger partial charge in [-0.3, -0.25) is 4.90 Å². The van der Waals surface area contributed by atoms with Crippen molar-refractivity contribution in [3.63, 3.8) is 0 Å². The Bertz CT molecular complexity index is 151. The molecule has 2 saturated heterocycles. The lowest BCUT2D eigenvalue weighted by Gasteiger charge is -2.18. The van der Waals surface area contributed by atoms with E-state index in [2.05, 4.69) is 4.90 Å². The highest BCUT2D eigenvalue weighted by Gasteiger charge is 2.42. The van der Waals surface area contributed by atoms with Gasteiger partial charge in [0.05, 0.1) is 6.10 Å². The molecule has 0 saturated carbocycles. The average molecular weight is 157 g/mol. The van der Waals surface area contributed by atoms with Gasteiger partial charge in [-0.05, 0) is 19.4 Å². The third-order valence-corrected chi connectivity index (χ3v) is 3.04. The molecule has 0 bridgehead atoms. The van der Waals surface area contributed by atoms with Gasteiger partial charge in [-0.1, -0.05) is 0 Å². The molecule has 2 heterocycles. The highest BCUT2D eigenvalue weighted by Crippen LogP contribution is 2.32. The molecule has 0 aromatic carbocycles. The number of aliphatic hydroxyl groups excluding tert-OH is 2. The van der Waals surface area contributed by atoms with Gasteiger partial charge in [0.2, 0.25) is 0 Å². The molecule has 3 heteroatoms. The molecule has 0 aliphatic carbocycles. The zero-order valence-corrected chi connectivity index (χ0v) is 6.61. The lowest BCUT2D eigenvalue weighted by atomic mass is 9.97. The SMILES string of the molecule is OC[C@@H]1[C@H](O)CN2CCC[C@@H]12. The van der Waals surface area contributed by atoms with Crippen LogP contribution in [0.25, 0.3) is 0 Å². The zero-order chi connectivity index (χ0) is 7.84. The van der Waals surface area contributed by atoms with Crippen molar-refractivity contribution < 1.29 is 10.2 Å². The normalized spacial score (nSPS) is 44.7. The molecule has 0 aromatic heterocycles. The van der Waals surface area contributed by atoms with E-state index in [-0.39, 0.29) is 18.6 Å². The van der Waals surface area contributed by atoms with Gasteiger partial charge in [-0.2, -0.15) is 0 Å². The van der Waals surface area contributed by atoms with E-state index < -0.39 is 0 Å². The minimum absolute atomic E-state index is 0.123. The summed E-state index contributed by atoms with van der Waals surface area (Å²) < 4.78 is 0. The first kappa shape index (κ1) is 7.53. The number of fused-ring (bicyclic) bond motifs is 1. The Morgan fingerprint density at radius 1 is 1.45 bits per heavy atom. The quantitative estimate of drug-likeness (QED) is 0.536. The molecule has 3 nitrogen and oxygen atoms in total. The Morgan fingerprint density at radius 2 is 2.27 bits per heavy atom. The van der Waals surface area contributed by atoms with Crippen LogP contribution in [0.3, 0.4) is 0 Å². The summed E-state index contributed by atoms with van der Waals surface area (Å²) in [6.45, 7) is 2.02. The Balaban J connectivity index is 2.07. The number of hydrogen-bond acceptors (Lipinski definition) is 3. The molecule has 2 rings (SSSR count). The number of nitrogens with zero attached hydrogens (tertiary/aromatic N) is 1. The molecule has 11 heavy (non-hydrogen) atoms. The fraction of sp³-hybridized carbons (Fsp3) is 1.00. The molecule has 0 spiro atoms. The summed E-state index contributed by atoms with van der Waals surface area (Å²) in [5.74, 6) is 0.123. The van der Waals surface area contributed by atoms with E-state index in [1.165, 1.54) is 6.42 Å². The van der Waals surface area contributed by atoms with Gasteiger partial charge in [0.1, 0.15) is 0 Å². The van der Waals surface area contributed by atoms with Crippen LogP contribution in [0.15, 0.2) is 0 Å². The maximum Gasteiger partial charge on any atom is 0.0732 e. The Kier molecular flexibility index (Phi) is 1.87. The molecule has 0 amide bonds. The van der Waals surface area contributed by atoms with E-state index in [0.29, 0.717) is 6.04 Å². The summed E-state index contributed by atoms with van der Waals surface area (Å²) in [6, 6.07) is 0.468. The van der Waals surface area contributed by atoms with E-state index >= 15 is 0 Å². The van der Waals surface area contributed by atoms with Crippen LogP contribution >= 0.6 is 0 Å². The predicted octanol–water partition coefficient (Wildman–Crippen LogP) is -0.566. The molecular formula is C8H15NO2. The van der Waals surface area contributed by atoms with Crippen LogP contribution < -0.4 is 0 Å². The lowest BCUT2D eigenvalue weighted by Crippen LogP contribution is -2.28. The molecule has 3 atom stereocenters. The minimum Gasteiger partial charge on any atom is -0.396 e. The van der Waals surface area contributed by atoms with Crippen molar-refractivity contribution in [2.75, 3.05) is 19.7 Å². The van der Waals surface area contributed by atoms with Crippen LogP contribution in [0.4, 0.5) is 0 Å². The number of hydrogen-bond donors (Lipinski definition) is 2. The number of rotatable bonds is 1. The average Bonchev–Trinajstić information content (AvgIpc) is 2.46. The lowest BCUT2D eigenvalue weighted by molar-refractivity contribution is 0.0903. The van der Waals surface area contributed by atoms with Crippen molar-refractivity contribution in [2.45, 2.75) is 25.0 Å². The van der Waals surface area contributed by atoms with Crippen LogP contribution in [0, 0.1) is 5.92 Å². The van der Waals surface area contributed by atoms with Crippen molar-refractivity contribution >= 4 is 0 Å². The Morgan fingerprint density at radius 3 is 3.00 bits per heavy atom. The third-order valence-electron chi connectivity index (χ3n) is 3.04. The zero-order valence-electron chi connectivity index (χ0n) is 6.61. The second-order valence-electron chi connectivity index (χ2n) is 3.62. The van der Waals surface area contributed by atoms with Gasteiger partial charge in [-0.15, -0.1) is 0 Å². The van der Waals surface area contributed by atoms with Crippen molar-refractivity contribution in [2.24, 2.45) is 5.92 Å². The van der Waals surface area contributed by atoms with E-state index in [1.807, 2.05) is 0 Å². The maximum absolute atomic E-state index is 9.49. The largest absolute Gasteiger partial charge is 0.396 e. The first-order valence-corrected chi connectivity index (χ1v) is 4.36. The predicted molar refractivity (Wildman–Crippen MR) is 41.2 cm³/mol. The highest BCUT2D eigenvalue weighted by molar-refractivity contribution is 4.96. The molecule has 0 unspecified atom stereocenters. The van der Waals surface area contributed by atoms with Crippen LogP contribution in [0.1, 0.15) is 12.8 Å². The second-order valence-corrected chi connectivity index (χ2v) is 3.62. The smallest absolute Gasteiger partial charge is 0.0732 e. The molecule has 2 aliphatic rings. The maximum atomic E-state index is 9.49. The van der Waals surface area contributed by atoms with E-state index in [4.69, 9.17) is 5.11 Å². The molecular weight excluding hydrogens is 142 g/mol. The van der Waals surface area contributed by atoms with Crippen molar-refractivity contribution in [3.05, 3.63) is 0 Å². The summed E-state index contributed by atoms with van der Waals surface area (Å²) in [5.41, 5.74) is 0. The monoisotopic (exact) mass is 157 g/mol. The van der Waals surface area contributed by atoms with Gasteiger partial charge in [-0.25, -0.2) is 0 Å². The summed E-state index contributed by atoms with van der Waals surface area (Å²) in [5, 5.41) is 18.5. The van der Waals surface area contributed by atoms with Gasteiger partial charge in [0.15, 0.2) is 0 Å². The van der Waals surface area contributed by atoms with E-state index in [9.17, 15) is 5.11 Å². The first-order valence-electron chi connectivity index (χ1n) is 4.36. The fourth-order valence-electron chi connectivity index (χ4n) is 2.44. The van der Waals surface area contributed by atoms with E-state index in [0.717, 1.165) is 19.5 Å². The first-order chi connectivity index (χ1) is 5.33. The third kappa shape index (κ3) is 1.08. The molecule has 0 aromatic rings. The Hall–Kier alpha value is -0.120. The van der Waals surface area contributed by atoms with Crippen molar-refractivity contribution in [1.82, 2.24) is 4.90 Å². The molecule has 2 aliphatic heterocycles. The Labute approximate surface area is 66.6 Å². The standard InChI is InChI=1S/C8H15NO2/c10-5-6-7-2-1-3-9(7)4-8(6)11/h6-8,10-11H,1-5H2/t6-,7-,8+/m0/s1. The summed E-state index contributed by atoms with van der Waals surface area (Å²) in [4.78, 5) is 2.30. The molecule has 64 valence electrons. The van der Waals surface area contributed by atoms with Crippen LogP contribution in [-0.2, 0) is 0 Å². The van der Waals surface area contributed by atoms with Crippen LogP contribution in [0.2, 0.25) is 0 Å². The van der Waals surface area contributed by atoms with E-state index in [1.54, 1.807) is 0 Å². The van der Waals surface area contributed by atoms with Crippen molar-refractivity contribution in [1.29, 1.82) is 0 Å². The fourth-order valence-corrected chi connectivity index (χ4v) is 2.44. The summed E-state index contributed by atoms with van der Waals surface area (Å²) in [7, 11) is 0. The van der Waals surface area contributed by atoms with Gasteiger partial charge in [0, 0.05) is 25.1 Å². The van der Waals surface area contributed by atoms with Gasteiger partial charge >= 0.3 is 0 Å². The van der Waals surface area contributed by atoms with Gasteiger partial charge in [0.25, 0.3) is 0 Å². The summed E-state index contributed by atoms with van der Waals surface area (Å²) >= 11 is 0. The molecule has 0 radical (unpaired) electrons. The minimum atomic E-state index is -0.287. The highest BCUT2D eigenvalue weighted by atomic mass is 16.3. The molecule has 2 N–H and O–H groups in total. The summed E-state index contributed by atoms with van der Waals surface area (Å²) in [6.07, 6.45) is 2.10. The topological polar surface area (TPSA) is 43.7 Å². The van der Waals surface area contributed by atoms with Gasteiger partial charge < -0.3 is 10.2 Å². The van der Waals surface area contributed by atoms with Crippen molar-refractivity contribution in [3.8, 4) is 0 Å². The molecule has 2 fully saturated rings. The van der Waals surface area contributed by atoms with Crippen LogP contribution in [0.5, 0.6) is 0 Å².